The van der Waals surface area contributed by atoms with Gasteiger partial charge in [-0.15, -0.1) is 0 Å². The van der Waals surface area contributed by atoms with Crippen LogP contribution in [0.4, 0.5) is 11.4 Å². The molecule has 7 nitrogen and oxygen atoms in total. The summed E-state index contributed by atoms with van der Waals surface area (Å²) in [5.74, 6) is -0.417. The zero-order valence-corrected chi connectivity index (χ0v) is 13.0. The maximum absolute atomic E-state index is 12.3. The smallest absolute Gasteiger partial charge is 0.288 e. The molecule has 1 amide bonds. The van der Waals surface area contributed by atoms with Gasteiger partial charge in [0, 0.05) is 18.3 Å². The number of nitrogens with zero attached hydrogens (tertiary/aromatic N) is 2. The van der Waals surface area contributed by atoms with Crippen LogP contribution in [0, 0.1) is 17.0 Å². The van der Waals surface area contributed by atoms with Gasteiger partial charge in [-0.25, -0.2) is 0 Å². The van der Waals surface area contributed by atoms with Crippen molar-refractivity contribution in [2.45, 2.75) is 20.4 Å². The van der Waals surface area contributed by atoms with Crippen LogP contribution in [-0.2, 0) is 6.54 Å². The van der Waals surface area contributed by atoms with E-state index in [1.807, 2.05) is 25.1 Å². The fourth-order valence-electron chi connectivity index (χ4n) is 2.08. The topological polar surface area (TPSA) is 97.2 Å². The van der Waals surface area contributed by atoms with Crippen molar-refractivity contribution in [2.75, 3.05) is 11.9 Å². The van der Waals surface area contributed by atoms with E-state index in [0.717, 1.165) is 18.3 Å². The first-order valence-corrected chi connectivity index (χ1v) is 7.23. The van der Waals surface area contributed by atoms with Gasteiger partial charge < -0.3 is 10.6 Å². The largest absolute Gasteiger partial charge is 0.322 e. The van der Waals surface area contributed by atoms with E-state index < -0.39 is 10.8 Å². The lowest BCUT2D eigenvalue weighted by molar-refractivity contribution is -0.385. The van der Waals surface area contributed by atoms with E-state index in [2.05, 4.69) is 15.6 Å². The average molecular weight is 314 g/mol. The SMILES string of the molecule is CCNCc1cccc(NC(=O)c2cc([N+](=O)[O-])cnc2C)c1. The van der Waals surface area contributed by atoms with Gasteiger partial charge in [-0.05, 0) is 31.2 Å². The predicted octanol–water partition coefficient (Wildman–Crippen LogP) is 2.66. The molecule has 2 rings (SSSR count). The first kappa shape index (κ1) is 16.6. The van der Waals surface area contributed by atoms with Gasteiger partial charge in [0.1, 0.15) is 6.20 Å². The van der Waals surface area contributed by atoms with E-state index in [0.29, 0.717) is 17.9 Å². The minimum Gasteiger partial charge on any atom is -0.322 e. The summed E-state index contributed by atoms with van der Waals surface area (Å²) in [6, 6.07) is 8.67. The zero-order chi connectivity index (χ0) is 16.8. The second-order valence-electron chi connectivity index (χ2n) is 5.02. The lowest BCUT2D eigenvalue weighted by Gasteiger charge is -2.09. The monoisotopic (exact) mass is 314 g/mol. The first-order chi connectivity index (χ1) is 11.0. The third-order valence-electron chi connectivity index (χ3n) is 3.29. The molecule has 2 aromatic rings. The summed E-state index contributed by atoms with van der Waals surface area (Å²) >= 11 is 0. The summed E-state index contributed by atoms with van der Waals surface area (Å²) in [7, 11) is 0. The molecule has 1 aromatic heterocycles. The quantitative estimate of drug-likeness (QED) is 0.631. The van der Waals surface area contributed by atoms with Gasteiger partial charge in [0.25, 0.3) is 11.6 Å². The number of carbonyl (C=O) groups is 1. The number of anilines is 1. The molecule has 0 aliphatic rings. The Balaban J connectivity index is 2.19. The number of hydrogen-bond donors (Lipinski definition) is 2. The number of nitro groups is 1. The summed E-state index contributed by atoms with van der Waals surface area (Å²) in [5.41, 5.74) is 2.10. The molecule has 0 aliphatic heterocycles. The second kappa shape index (κ2) is 7.46. The minimum atomic E-state index is -0.569. The molecule has 1 heterocycles. The molecule has 0 unspecified atom stereocenters. The van der Waals surface area contributed by atoms with Crippen molar-refractivity contribution in [1.29, 1.82) is 0 Å². The molecule has 0 saturated carbocycles. The van der Waals surface area contributed by atoms with Crippen LogP contribution in [0.1, 0.15) is 28.5 Å². The van der Waals surface area contributed by atoms with Crippen molar-refractivity contribution in [3.05, 3.63) is 63.5 Å². The number of rotatable bonds is 6. The van der Waals surface area contributed by atoms with E-state index in [4.69, 9.17) is 0 Å². The van der Waals surface area contributed by atoms with Crippen LogP contribution >= 0.6 is 0 Å². The molecule has 0 radical (unpaired) electrons. The minimum absolute atomic E-state index is 0.191. The van der Waals surface area contributed by atoms with Crippen molar-refractivity contribution in [2.24, 2.45) is 0 Å². The number of carbonyl (C=O) groups excluding carboxylic acids is 1. The summed E-state index contributed by atoms with van der Waals surface area (Å²) in [6.07, 6.45) is 1.14. The van der Waals surface area contributed by atoms with E-state index in [9.17, 15) is 14.9 Å². The molecule has 0 bridgehead atoms. The Kier molecular flexibility index (Phi) is 5.37. The molecular formula is C16H18N4O3. The predicted molar refractivity (Wildman–Crippen MR) is 87.4 cm³/mol. The molecule has 0 aliphatic carbocycles. The van der Waals surface area contributed by atoms with Gasteiger partial charge in [-0.2, -0.15) is 0 Å². The molecular weight excluding hydrogens is 296 g/mol. The van der Waals surface area contributed by atoms with Crippen LogP contribution in [-0.4, -0.2) is 22.4 Å². The van der Waals surface area contributed by atoms with Gasteiger partial charge in [0.15, 0.2) is 0 Å². The molecule has 0 atom stereocenters. The molecule has 2 N–H and O–H groups in total. The Morgan fingerprint density at radius 3 is 2.83 bits per heavy atom. The Bertz CT molecular complexity index is 731. The number of nitrogens with one attached hydrogen (secondary N) is 2. The normalized spacial score (nSPS) is 10.3. The van der Waals surface area contributed by atoms with Crippen molar-refractivity contribution in [1.82, 2.24) is 10.3 Å². The van der Waals surface area contributed by atoms with Crippen LogP contribution in [0.2, 0.25) is 0 Å². The highest BCUT2D eigenvalue weighted by Crippen LogP contribution is 2.17. The summed E-state index contributed by atoms with van der Waals surface area (Å²) in [5, 5.41) is 16.8. The third-order valence-corrected chi connectivity index (χ3v) is 3.29. The van der Waals surface area contributed by atoms with E-state index >= 15 is 0 Å². The summed E-state index contributed by atoms with van der Waals surface area (Å²) in [4.78, 5) is 26.5. The fourth-order valence-corrected chi connectivity index (χ4v) is 2.08. The van der Waals surface area contributed by atoms with Crippen LogP contribution in [0.3, 0.4) is 0 Å². The highest BCUT2D eigenvalue weighted by molar-refractivity contribution is 6.05. The Morgan fingerprint density at radius 2 is 2.13 bits per heavy atom. The number of pyridine rings is 1. The molecule has 0 fully saturated rings. The fraction of sp³-hybridized carbons (Fsp3) is 0.250. The Morgan fingerprint density at radius 1 is 1.35 bits per heavy atom. The van der Waals surface area contributed by atoms with Crippen molar-refractivity contribution in [3.8, 4) is 0 Å². The van der Waals surface area contributed by atoms with Crippen LogP contribution in [0.25, 0.3) is 0 Å². The number of aromatic nitrogens is 1. The molecule has 1 aromatic carbocycles. The number of benzene rings is 1. The number of aryl methyl sites for hydroxylation is 1. The van der Waals surface area contributed by atoms with Crippen molar-refractivity contribution < 1.29 is 9.72 Å². The van der Waals surface area contributed by atoms with Gasteiger partial charge in [0.05, 0.1) is 16.2 Å². The highest BCUT2D eigenvalue weighted by atomic mass is 16.6. The second-order valence-corrected chi connectivity index (χ2v) is 5.02. The first-order valence-electron chi connectivity index (χ1n) is 7.23. The number of amides is 1. The number of hydrogen-bond acceptors (Lipinski definition) is 5. The Hall–Kier alpha value is -2.80. The van der Waals surface area contributed by atoms with Crippen LogP contribution < -0.4 is 10.6 Å². The molecule has 0 saturated heterocycles. The van der Waals surface area contributed by atoms with Crippen molar-refractivity contribution >= 4 is 17.3 Å². The van der Waals surface area contributed by atoms with Gasteiger partial charge in [-0.1, -0.05) is 19.1 Å². The van der Waals surface area contributed by atoms with E-state index in [1.165, 1.54) is 6.07 Å². The van der Waals surface area contributed by atoms with Gasteiger partial charge in [-0.3, -0.25) is 19.9 Å². The van der Waals surface area contributed by atoms with Crippen molar-refractivity contribution in [3.63, 3.8) is 0 Å². The molecule has 23 heavy (non-hydrogen) atoms. The highest BCUT2D eigenvalue weighted by Gasteiger charge is 2.16. The van der Waals surface area contributed by atoms with Gasteiger partial charge in [0.2, 0.25) is 0 Å². The van der Waals surface area contributed by atoms with Gasteiger partial charge >= 0.3 is 0 Å². The summed E-state index contributed by atoms with van der Waals surface area (Å²) < 4.78 is 0. The molecule has 7 heteroatoms. The maximum atomic E-state index is 12.3. The molecule has 120 valence electrons. The van der Waals surface area contributed by atoms with Crippen LogP contribution in [0.15, 0.2) is 36.5 Å². The zero-order valence-electron chi connectivity index (χ0n) is 13.0. The lowest BCUT2D eigenvalue weighted by Crippen LogP contribution is -2.15. The van der Waals surface area contributed by atoms with E-state index in [-0.39, 0.29) is 11.3 Å². The van der Waals surface area contributed by atoms with E-state index in [1.54, 1.807) is 13.0 Å². The molecule has 0 spiro atoms. The Labute approximate surface area is 133 Å². The van der Waals surface area contributed by atoms with Crippen LogP contribution in [0.5, 0.6) is 0 Å². The summed E-state index contributed by atoms with van der Waals surface area (Å²) in [6.45, 7) is 5.22. The standard InChI is InChI=1S/C16H18N4O3/c1-3-17-9-12-5-4-6-13(7-12)19-16(21)15-8-14(20(22)23)10-18-11(15)2/h4-8,10,17H,3,9H2,1-2H3,(H,19,21). The average Bonchev–Trinajstić information content (AvgIpc) is 2.53. The third kappa shape index (κ3) is 4.33. The maximum Gasteiger partial charge on any atom is 0.288 e. The lowest BCUT2D eigenvalue weighted by atomic mass is 10.1.